The molecule has 0 aliphatic heterocycles. The molecule has 0 saturated heterocycles. The number of unbranched alkanes of at least 4 members (excludes halogenated alkanes) is 2. The number of amides is 1. The molecule has 1 heterocycles. The molecule has 1 aromatic heterocycles. The third kappa shape index (κ3) is 5.09. The monoisotopic (exact) mass is 381 g/mol. The number of carbonyl (C=O) groups is 1. The Labute approximate surface area is 163 Å². The number of hydrogen-bond acceptors (Lipinski definition) is 6. The Balaban J connectivity index is 1.64. The maximum atomic E-state index is 12.5. The van der Waals surface area contributed by atoms with Gasteiger partial charge in [0.05, 0.1) is 13.7 Å². The fourth-order valence-electron chi connectivity index (χ4n) is 2.58. The molecule has 0 bridgehead atoms. The van der Waals surface area contributed by atoms with Gasteiger partial charge in [-0.3, -0.25) is 10.1 Å². The first-order chi connectivity index (χ1) is 13.7. The second-order valence-electron chi connectivity index (χ2n) is 6.18. The van der Waals surface area contributed by atoms with E-state index in [-0.39, 0.29) is 11.9 Å². The summed E-state index contributed by atoms with van der Waals surface area (Å²) in [7, 11) is 1.58. The van der Waals surface area contributed by atoms with Gasteiger partial charge in [0, 0.05) is 11.1 Å². The average molecular weight is 381 g/mol. The number of nitrogens with one attached hydrogen (secondary N) is 1. The zero-order valence-electron chi connectivity index (χ0n) is 16.0. The Kier molecular flexibility index (Phi) is 6.62. The van der Waals surface area contributed by atoms with Crippen LogP contribution >= 0.6 is 0 Å². The summed E-state index contributed by atoms with van der Waals surface area (Å²) in [4.78, 5) is 12.5. The van der Waals surface area contributed by atoms with Crippen LogP contribution in [0.3, 0.4) is 0 Å². The largest absolute Gasteiger partial charge is 0.497 e. The van der Waals surface area contributed by atoms with Crippen molar-refractivity contribution < 1.29 is 18.7 Å². The second-order valence-corrected chi connectivity index (χ2v) is 6.18. The molecule has 2 aromatic carbocycles. The van der Waals surface area contributed by atoms with Gasteiger partial charge in [0.2, 0.25) is 5.89 Å². The zero-order chi connectivity index (χ0) is 19.8. The quantitative estimate of drug-likeness (QED) is 0.547. The third-order valence-corrected chi connectivity index (χ3v) is 4.07. The number of anilines is 1. The first-order valence-corrected chi connectivity index (χ1v) is 9.21. The van der Waals surface area contributed by atoms with Gasteiger partial charge in [0.15, 0.2) is 0 Å². The molecule has 7 nitrogen and oxygen atoms in total. The van der Waals surface area contributed by atoms with E-state index in [9.17, 15) is 4.79 Å². The van der Waals surface area contributed by atoms with Crippen molar-refractivity contribution in [3.05, 3.63) is 54.1 Å². The van der Waals surface area contributed by atoms with Crippen LogP contribution in [-0.2, 0) is 0 Å². The van der Waals surface area contributed by atoms with E-state index >= 15 is 0 Å². The Bertz CT molecular complexity index is 923. The summed E-state index contributed by atoms with van der Waals surface area (Å²) in [6.45, 7) is 2.77. The zero-order valence-corrected chi connectivity index (χ0v) is 16.0. The molecule has 0 aliphatic rings. The molecule has 28 heavy (non-hydrogen) atoms. The number of nitrogens with zero attached hydrogens (tertiary/aromatic N) is 2. The van der Waals surface area contributed by atoms with E-state index in [1.807, 2.05) is 24.3 Å². The smallest absolute Gasteiger partial charge is 0.322 e. The van der Waals surface area contributed by atoms with Crippen LogP contribution in [0.25, 0.3) is 11.5 Å². The van der Waals surface area contributed by atoms with E-state index in [0.29, 0.717) is 35.1 Å². The number of carbonyl (C=O) groups excluding carboxylic acids is 1. The molecular formula is C21H23N3O4. The predicted molar refractivity (Wildman–Crippen MR) is 106 cm³/mol. The highest BCUT2D eigenvalue weighted by Gasteiger charge is 2.14. The Hall–Kier alpha value is -3.35. The second kappa shape index (κ2) is 9.55. The van der Waals surface area contributed by atoms with Crippen LogP contribution in [-0.4, -0.2) is 29.8 Å². The van der Waals surface area contributed by atoms with Gasteiger partial charge >= 0.3 is 6.01 Å². The van der Waals surface area contributed by atoms with Crippen molar-refractivity contribution in [3.63, 3.8) is 0 Å². The van der Waals surface area contributed by atoms with E-state index in [1.165, 1.54) is 0 Å². The molecule has 0 radical (unpaired) electrons. The maximum Gasteiger partial charge on any atom is 0.322 e. The fraction of sp³-hybridized carbons (Fsp3) is 0.286. The van der Waals surface area contributed by atoms with Crippen molar-refractivity contribution in [2.75, 3.05) is 19.0 Å². The van der Waals surface area contributed by atoms with Gasteiger partial charge in [-0.25, -0.2) is 0 Å². The van der Waals surface area contributed by atoms with Gasteiger partial charge in [0.25, 0.3) is 5.91 Å². The molecule has 3 aromatic rings. The average Bonchev–Trinajstić information content (AvgIpc) is 3.20. The standard InChI is InChI=1S/C21H23N3O4/c1-3-4-5-12-27-18-11-6-8-15(13-18)19(25)22-21-24-23-20(28-21)16-9-7-10-17(14-16)26-2/h6-11,13-14H,3-5,12H2,1-2H3,(H,22,24,25). The number of benzene rings is 2. The SMILES string of the molecule is CCCCCOc1cccc(C(=O)Nc2nnc(-c3cccc(OC)c3)o2)c1. The third-order valence-electron chi connectivity index (χ3n) is 4.07. The highest BCUT2D eigenvalue weighted by atomic mass is 16.5. The molecule has 1 amide bonds. The van der Waals surface area contributed by atoms with Crippen LogP contribution in [0.5, 0.6) is 11.5 Å². The van der Waals surface area contributed by atoms with Crippen LogP contribution in [0.15, 0.2) is 52.9 Å². The normalized spacial score (nSPS) is 10.5. The van der Waals surface area contributed by atoms with E-state index in [1.54, 1.807) is 31.4 Å². The molecule has 0 saturated carbocycles. The van der Waals surface area contributed by atoms with E-state index in [2.05, 4.69) is 22.4 Å². The fourth-order valence-corrected chi connectivity index (χ4v) is 2.58. The van der Waals surface area contributed by atoms with Crippen LogP contribution in [0, 0.1) is 0 Å². The first-order valence-electron chi connectivity index (χ1n) is 9.21. The summed E-state index contributed by atoms with van der Waals surface area (Å²) in [5, 5.41) is 10.5. The lowest BCUT2D eigenvalue weighted by atomic mass is 10.2. The van der Waals surface area contributed by atoms with E-state index in [0.717, 1.165) is 19.3 Å². The maximum absolute atomic E-state index is 12.5. The first kappa shape index (κ1) is 19.4. The van der Waals surface area contributed by atoms with Crippen molar-refractivity contribution in [3.8, 4) is 23.0 Å². The molecule has 0 atom stereocenters. The lowest BCUT2D eigenvalue weighted by molar-refractivity contribution is 0.102. The molecule has 0 spiro atoms. The molecule has 0 unspecified atom stereocenters. The molecule has 7 heteroatoms. The van der Waals surface area contributed by atoms with Crippen LogP contribution in [0.4, 0.5) is 6.01 Å². The van der Waals surface area contributed by atoms with Crippen molar-refractivity contribution in [2.24, 2.45) is 0 Å². The molecule has 3 rings (SSSR count). The predicted octanol–water partition coefficient (Wildman–Crippen LogP) is 4.57. The molecule has 0 aliphatic carbocycles. The highest BCUT2D eigenvalue weighted by Crippen LogP contribution is 2.24. The van der Waals surface area contributed by atoms with Crippen molar-refractivity contribution in [2.45, 2.75) is 26.2 Å². The Morgan fingerprint density at radius 2 is 1.89 bits per heavy atom. The van der Waals surface area contributed by atoms with Crippen molar-refractivity contribution in [1.82, 2.24) is 10.2 Å². The Morgan fingerprint density at radius 3 is 2.71 bits per heavy atom. The summed E-state index contributed by atoms with van der Waals surface area (Å²) in [5.74, 6) is 1.28. The summed E-state index contributed by atoms with van der Waals surface area (Å²) in [6.07, 6.45) is 3.24. The molecule has 0 fully saturated rings. The number of ether oxygens (including phenoxy) is 2. The van der Waals surface area contributed by atoms with Crippen molar-refractivity contribution >= 4 is 11.9 Å². The summed E-state index contributed by atoms with van der Waals surface area (Å²) >= 11 is 0. The summed E-state index contributed by atoms with van der Waals surface area (Å²) in [5.41, 5.74) is 1.16. The van der Waals surface area contributed by atoms with Gasteiger partial charge in [-0.15, -0.1) is 5.10 Å². The van der Waals surface area contributed by atoms with E-state index in [4.69, 9.17) is 13.9 Å². The van der Waals surface area contributed by atoms with Gasteiger partial charge in [-0.05, 0) is 42.8 Å². The van der Waals surface area contributed by atoms with Crippen molar-refractivity contribution in [1.29, 1.82) is 0 Å². The molecule has 1 N–H and O–H groups in total. The summed E-state index contributed by atoms with van der Waals surface area (Å²) < 4.78 is 16.4. The van der Waals surface area contributed by atoms with E-state index < -0.39 is 0 Å². The van der Waals surface area contributed by atoms with Crippen LogP contribution < -0.4 is 14.8 Å². The number of aromatic nitrogens is 2. The minimum Gasteiger partial charge on any atom is -0.497 e. The highest BCUT2D eigenvalue weighted by molar-refractivity contribution is 6.03. The minimum absolute atomic E-state index is 0.0251. The van der Waals surface area contributed by atoms with Gasteiger partial charge in [-0.2, -0.15) is 0 Å². The van der Waals surface area contributed by atoms with Crippen LogP contribution in [0.2, 0.25) is 0 Å². The minimum atomic E-state index is -0.347. The van der Waals surface area contributed by atoms with Gasteiger partial charge < -0.3 is 13.9 Å². The van der Waals surface area contributed by atoms with Crippen LogP contribution in [0.1, 0.15) is 36.5 Å². The summed E-state index contributed by atoms with van der Waals surface area (Å²) in [6, 6.07) is 14.3. The number of hydrogen-bond donors (Lipinski definition) is 1. The Morgan fingerprint density at radius 1 is 1.07 bits per heavy atom. The van der Waals surface area contributed by atoms with Gasteiger partial charge in [0.1, 0.15) is 11.5 Å². The lowest BCUT2D eigenvalue weighted by Crippen LogP contribution is -2.12. The number of methoxy groups -OCH3 is 1. The topological polar surface area (TPSA) is 86.5 Å². The van der Waals surface area contributed by atoms with Gasteiger partial charge in [-0.1, -0.05) is 37.0 Å². The molecular weight excluding hydrogens is 358 g/mol. The lowest BCUT2D eigenvalue weighted by Gasteiger charge is -2.07. The number of rotatable bonds is 9. The molecule has 146 valence electrons.